The molecule has 1 aromatic carbocycles. The minimum absolute atomic E-state index is 0.0907. The average Bonchev–Trinajstić information content (AvgIpc) is 2.95. The van der Waals surface area contributed by atoms with E-state index in [1.165, 1.54) is 12.8 Å². The molecule has 2 amide bonds. The fourth-order valence-corrected chi connectivity index (χ4v) is 3.94. The SMILES string of the molecule is Cn1cnnc1-c1ccc(NC(=O)[C@@H](NC(=O)OC(C)(C)C)C2CCCCCC2)cc1. The summed E-state index contributed by atoms with van der Waals surface area (Å²) in [5.74, 6) is 0.623. The number of aryl methyl sites for hydroxylation is 1. The summed E-state index contributed by atoms with van der Waals surface area (Å²) in [6.45, 7) is 5.43. The van der Waals surface area contributed by atoms with Crippen molar-refractivity contribution >= 4 is 17.7 Å². The van der Waals surface area contributed by atoms with Gasteiger partial charge >= 0.3 is 6.09 Å². The van der Waals surface area contributed by atoms with Gasteiger partial charge in [0.1, 0.15) is 18.0 Å². The second-order valence-corrected chi connectivity index (χ2v) is 9.21. The summed E-state index contributed by atoms with van der Waals surface area (Å²) in [5.41, 5.74) is 0.954. The molecule has 0 saturated heterocycles. The number of nitrogens with zero attached hydrogens (tertiary/aromatic N) is 3. The minimum atomic E-state index is -0.633. The molecule has 168 valence electrons. The van der Waals surface area contributed by atoms with Crippen molar-refractivity contribution in [1.29, 1.82) is 0 Å². The number of carbonyl (C=O) groups excluding carboxylic acids is 2. The quantitative estimate of drug-likeness (QED) is 0.694. The molecule has 1 heterocycles. The van der Waals surface area contributed by atoms with E-state index in [0.717, 1.165) is 37.1 Å². The van der Waals surface area contributed by atoms with Crippen molar-refractivity contribution in [3.05, 3.63) is 30.6 Å². The minimum Gasteiger partial charge on any atom is -0.444 e. The van der Waals surface area contributed by atoms with E-state index in [-0.39, 0.29) is 11.8 Å². The van der Waals surface area contributed by atoms with Crippen LogP contribution in [-0.2, 0) is 16.6 Å². The van der Waals surface area contributed by atoms with Crippen LogP contribution in [0.15, 0.2) is 30.6 Å². The number of rotatable bonds is 5. The molecule has 2 N–H and O–H groups in total. The molecule has 2 aromatic rings. The number of ether oxygens (including phenoxy) is 1. The maximum Gasteiger partial charge on any atom is 0.408 e. The first kappa shape index (κ1) is 22.8. The van der Waals surface area contributed by atoms with E-state index in [0.29, 0.717) is 5.69 Å². The number of carbonyl (C=O) groups is 2. The van der Waals surface area contributed by atoms with Gasteiger partial charge in [0.05, 0.1) is 0 Å². The van der Waals surface area contributed by atoms with Crippen LogP contribution in [0.5, 0.6) is 0 Å². The molecule has 0 bridgehead atoms. The molecule has 1 fully saturated rings. The molecule has 1 atom stereocenters. The van der Waals surface area contributed by atoms with Crippen molar-refractivity contribution in [3.63, 3.8) is 0 Å². The van der Waals surface area contributed by atoms with Crippen LogP contribution in [0.4, 0.5) is 10.5 Å². The maximum atomic E-state index is 13.2. The van der Waals surface area contributed by atoms with Gasteiger partial charge in [-0.2, -0.15) is 0 Å². The van der Waals surface area contributed by atoms with Crippen molar-refractivity contribution in [2.24, 2.45) is 13.0 Å². The predicted molar refractivity (Wildman–Crippen MR) is 119 cm³/mol. The highest BCUT2D eigenvalue weighted by Gasteiger charge is 2.32. The van der Waals surface area contributed by atoms with E-state index >= 15 is 0 Å². The molecular formula is C23H33N5O3. The van der Waals surface area contributed by atoms with Gasteiger partial charge in [0, 0.05) is 18.3 Å². The first-order valence-electron chi connectivity index (χ1n) is 11.0. The smallest absolute Gasteiger partial charge is 0.408 e. The van der Waals surface area contributed by atoms with Crippen molar-refractivity contribution in [3.8, 4) is 11.4 Å². The van der Waals surface area contributed by atoms with Crippen LogP contribution in [0.25, 0.3) is 11.4 Å². The van der Waals surface area contributed by atoms with Crippen molar-refractivity contribution < 1.29 is 14.3 Å². The lowest BCUT2D eigenvalue weighted by molar-refractivity contribution is -0.119. The number of amides is 2. The summed E-state index contributed by atoms with van der Waals surface area (Å²) >= 11 is 0. The first-order valence-corrected chi connectivity index (χ1v) is 11.0. The first-order chi connectivity index (χ1) is 14.7. The summed E-state index contributed by atoms with van der Waals surface area (Å²) in [7, 11) is 1.88. The van der Waals surface area contributed by atoms with Crippen molar-refractivity contribution in [1.82, 2.24) is 20.1 Å². The number of hydrogen-bond donors (Lipinski definition) is 2. The summed E-state index contributed by atoms with van der Waals surface area (Å²) in [6.07, 6.45) is 7.38. The zero-order valence-corrected chi connectivity index (χ0v) is 18.9. The van der Waals surface area contributed by atoms with Gasteiger partial charge in [-0.25, -0.2) is 4.79 Å². The molecule has 1 aliphatic rings. The van der Waals surface area contributed by atoms with Gasteiger partial charge in [-0.1, -0.05) is 25.7 Å². The number of nitrogens with one attached hydrogen (secondary N) is 2. The van der Waals surface area contributed by atoms with E-state index < -0.39 is 17.7 Å². The Balaban J connectivity index is 1.72. The highest BCUT2D eigenvalue weighted by Crippen LogP contribution is 2.27. The van der Waals surface area contributed by atoms with Gasteiger partial charge in [-0.3, -0.25) is 4.79 Å². The molecule has 8 heteroatoms. The van der Waals surface area contributed by atoms with Crippen LogP contribution < -0.4 is 10.6 Å². The van der Waals surface area contributed by atoms with Crippen LogP contribution in [-0.4, -0.2) is 38.4 Å². The molecular weight excluding hydrogens is 394 g/mol. The van der Waals surface area contributed by atoms with E-state index in [4.69, 9.17) is 4.74 Å². The number of alkyl carbamates (subject to hydrolysis) is 1. The average molecular weight is 428 g/mol. The molecule has 31 heavy (non-hydrogen) atoms. The Hall–Kier alpha value is -2.90. The van der Waals surface area contributed by atoms with Crippen LogP contribution in [0.3, 0.4) is 0 Å². The highest BCUT2D eigenvalue weighted by molar-refractivity contribution is 5.97. The third-order valence-electron chi connectivity index (χ3n) is 5.45. The third-order valence-corrected chi connectivity index (χ3v) is 5.45. The fraction of sp³-hybridized carbons (Fsp3) is 0.565. The third kappa shape index (κ3) is 6.54. The van der Waals surface area contributed by atoms with Crippen LogP contribution in [0.2, 0.25) is 0 Å². The molecule has 3 rings (SSSR count). The molecule has 8 nitrogen and oxygen atoms in total. The van der Waals surface area contributed by atoms with Crippen molar-refractivity contribution in [2.45, 2.75) is 70.9 Å². The largest absolute Gasteiger partial charge is 0.444 e. The molecule has 1 aliphatic carbocycles. The topological polar surface area (TPSA) is 98.1 Å². The highest BCUT2D eigenvalue weighted by atomic mass is 16.6. The Morgan fingerprint density at radius 3 is 2.29 bits per heavy atom. The van der Waals surface area contributed by atoms with Crippen LogP contribution in [0, 0.1) is 5.92 Å². The van der Waals surface area contributed by atoms with E-state index in [1.807, 2.05) is 56.7 Å². The van der Waals surface area contributed by atoms with E-state index in [2.05, 4.69) is 20.8 Å². The van der Waals surface area contributed by atoms with Crippen molar-refractivity contribution in [2.75, 3.05) is 5.32 Å². The predicted octanol–water partition coefficient (Wildman–Crippen LogP) is 4.28. The monoisotopic (exact) mass is 427 g/mol. The summed E-state index contributed by atoms with van der Waals surface area (Å²) in [5, 5.41) is 13.8. The van der Waals surface area contributed by atoms with E-state index in [1.54, 1.807) is 6.33 Å². The molecule has 1 saturated carbocycles. The second kappa shape index (κ2) is 9.94. The van der Waals surface area contributed by atoms with Gasteiger partial charge in [-0.05, 0) is 63.8 Å². The zero-order chi connectivity index (χ0) is 22.4. The lowest BCUT2D eigenvalue weighted by Gasteiger charge is -2.28. The molecule has 0 radical (unpaired) electrons. The molecule has 0 aliphatic heterocycles. The van der Waals surface area contributed by atoms with Gasteiger partial charge in [0.15, 0.2) is 5.82 Å². The summed E-state index contributed by atoms with van der Waals surface area (Å²) < 4.78 is 7.25. The summed E-state index contributed by atoms with van der Waals surface area (Å²) in [4.78, 5) is 25.6. The standard InChI is InChI=1S/C23H33N5O3/c1-23(2,3)31-22(30)26-19(16-9-7-5-6-8-10-16)21(29)25-18-13-11-17(12-14-18)20-27-24-15-28(20)4/h11-16,19H,5-10H2,1-4H3,(H,25,29)(H,26,30)/t19-/m0/s1. The second-order valence-electron chi connectivity index (χ2n) is 9.21. The van der Waals surface area contributed by atoms with Gasteiger partial charge in [0.25, 0.3) is 0 Å². The number of benzene rings is 1. The fourth-order valence-electron chi connectivity index (χ4n) is 3.94. The van der Waals surface area contributed by atoms with Crippen LogP contribution >= 0.6 is 0 Å². The maximum absolute atomic E-state index is 13.2. The molecule has 0 unspecified atom stereocenters. The zero-order valence-electron chi connectivity index (χ0n) is 18.9. The number of hydrogen-bond acceptors (Lipinski definition) is 5. The lowest BCUT2D eigenvalue weighted by atomic mass is 9.91. The Morgan fingerprint density at radius 2 is 1.74 bits per heavy atom. The number of aromatic nitrogens is 3. The summed E-state index contributed by atoms with van der Waals surface area (Å²) in [6, 6.07) is 6.81. The Bertz CT molecular complexity index is 877. The number of anilines is 1. The Labute approximate surface area is 183 Å². The van der Waals surface area contributed by atoms with Crippen LogP contribution in [0.1, 0.15) is 59.3 Å². The molecule has 1 aromatic heterocycles. The normalized spacial score (nSPS) is 16.3. The lowest BCUT2D eigenvalue weighted by Crippen LogP contribution is -2.49. The van der Waals surface area contributed by atoms with Gasteiger partial charge < -0.3 is 19.9 Å². The Kier molecular flexibility index (Phi) is 7.30. The molecule has 0 spiro atoms. The van der Waals surface area contributed by atoms with Gasteiger partial charge in [0.2, 0.25) is 5.91 Å². The Morgan fingerprint density at radius 1 is 1.10 bits per heavy atom. The van der Waals surface area contributed by atoms with E-state index in [9.17, 15) is 9.59 Å². The van der Waals surface area contributed by atoms with Gasteiger partial charge in [-0.15, -0.1) is 10.2 Å².